The van der Waals surface area contributed by atoms with Crippen LogP contribution in [-0.2, 0) is 0 Å². The fraction of sp³-hybridized carbons (Fsp3) is 0.778. The number of rotatable bonds is 6. The lowest BCUT2D eigenvalue weighted by Gasteiger charge is -2.19. The lowest BCUT2D eigenvalue weighted by Crippen LogP contribution is -2.04. The maximum Gasteiger partial charge on any atom is 0.0593 e. The average Bonchev–Trinajstić information content (AvgIpc) is 2.47. The summed E-state index contributed by atoms with van der Waals surface area (Å²) in [6, 6.07) is 0. The van der Waals surface area contributed by atoms with Crippen LogP contribution in [-0.4, -0.2) is 0 Å². The molecule has 0 aromatic heterocycles. The van der Waals surface area contributed by atoms with E-state index in [-0.39, 0.29) is 0 Å². The van der Waals surface area contributed by atoms with Crippen LogP contribution in [0.4, 0.5) is 0 Å². The highest BCUT2D eigenvalue weighted by Crippen LogP contribution is 2.30. The minimum atomic E-state index is 0.746. The summed E-state index contributed by atoms with van der Waals surface area (Å²) >= 11 is 0. The van der Waals surface area contributed by atoms with Gasteiger partial charge in [0.2, 0.25) is 0 Å². The van der Waals surface area contributed by atoms with Gasteiger partial charge in [0.25, 0.3) is 0 Å². The molecular weight excluding hydrogens is 244 g/mol. The minimum Gasteiger partial charge on any atom is -0.156 e. The molecule has 2 aliphatic rings. The molecule has 112 valence electrons. The van der Waals surface area contributed by atoms with E-state index in [2.05, 4.69) is 36.2 Å². The molecule has 0 saturated heterocycles. The SMILES string of the molecule is CCC[C@H]1C=C(N=NC2=C[C@@H](CCC)CCC2)CCC1. The molecule has 20 heavy (non-hydrogen) atoms. The molecule has 2 rings (SSSR count). The summed E-state index contributed by atoms with van der Waals surface area (Å²) in [7, 11) is 0. The van der Waals surface area contributed by atoms with E-state index in [0.717, 1.165) is 24.7 Å². The molecule has 0 aromatic rings. The third kappa shape index (κ3) is 4.88. The number of azo groups is 1. The predicted molar refractivity (Wildman–Crippen MR) is 85.5 cm³/mol. The summed E-state index contributed by atoms with van der Waals surface area (Å²) in [6.07, 6.45) is 17.4. The van der Waals surface area contributed by atoms with Crippen molar-refractivity contribution in [1.82, 2.24) is 0 Å². The van der Waals surface area contributed by atoms with Gasteiger partial charge in [-0.1, -0.05) is 38.8 Å². The van der Waals surface area contributed by atoms with Crippen LogP contribution in [0, 0.1) is 11.8 Å². The first-order valence-electron chi connectivity index (χ1n) is 8.65. The first-order valence-corrected chi connectivity index (χ1v) is 8.65. The van der Waals surface area contributed by atoms with Gasteiger partial charge < -0.3 is 0 Å². The Morgan fingerprint density at radius 3 is 1.70 bits per heavy atom. The van der Waals surface area contributed by atoms with Crippen LogP contribution in [0.15, 0.2) is 33.8 Å². The highest BCUT2D eigenvalue weighted by Gasteiger charge is 2.14. The van der Waals surface area contributed by atoms with Crippen LogP contribution in [0.3, 0.4) is 0 Å². The van der Waals surface area contributed by atoms with Gasteiger partial charge in [0, 0.05) is 0 Å². The molecule has 2 aliphatic carbocycles. The van der Waals surface area contributed by atoms with Gasteiger partial charge in [-0.3, -0.25) is 0 Å². The van der Waals surface area contributed by atoms with Crippen LogP contribution in [0.5, 0.6) is 0 Å². The Labute approximate surface area is 124 Å². The zero-order valence-electron chi connectivity index (χ0n) is 13.3. The van der Waals surface area contributed by atoms with Crippen LogP contribution in [0.1, 0.15) is 78.1 Å². The number of nitrogens with zero attached hydrogens (tertiary/aromatic N) is 2. The molecule has 0 N–H and O–H groups in total. The smallest absolute Gasteiger partial charge is 0.0593 e. The van der Waals surface area contributed by atoms with E-state index in [0.29, 0.717) is 0 Å². The molecule has 0 bridgehead atoms. The lowest BCUT2D eigenvalue weighted by atomic mass is 9.90. The number of hydrogen-bond acceptors (Lipinski definition) is 2. The van der Waals surface area contributed by atoms with E-state index in [9.17, 15) is 0 Å². The van der Waals surface area contributed by atoms with E-state index in [1.807, 2.05) is 0 Å². The monoisotopic (exact) mass is 274 g/mol. The second-order valence-electron chi connectivity index (χ2n) is 6.40. The Morgan fingerprint density at radius 1 is 0.850 bits per heavy atom. The molecule has 0 spiro atoms. The summed E-state index contributed by atoms with van der Waals surface area (Å²) in [5.74, 6) is 1.49. The predicted octanol–water partition coefficient (Wildman–Crippen LogP) is 6.41. The zero-order valence-corrected chi connectivity index (χ0v) is 13.3. The van der Waals surface area contributed by atoms with Crippen LogP contribution in [0.2, 0.25) is 0 Å². The fourth-order valence-corrected chi connectivity index (χ4v) is 3.46. The van der Waals surface area contributed by atoms with Gasteiger partial charge in [0.15, 0.2) is 0 Å². The van der Waals surface area contributed by atoms with Crippen LogP contribution in [0.25, 0.3) is 0 Å². The molecule has 0 heterocycles. The zero-order chi connectivity index (χ0) is 14.2. The molecular formula is C18H30N2. The summed E-state index contributed by atoms with van der Waals surface area (Å²) in [5.41, 5.74) is 2.46. The first kappa shape index (κ1) is 15.5. The van der Waals surface area contributed by atoms with Crippen molar-refractivity contribution in [3.05, 3.63) is 23.5 Å². The molecule has 2 heteroatoms. The topological polar surface area (TPSA) is 24.7 Å². The molecule has 2 nitrogen and oxygen atoms in total. The van der Waals surface area contributed by atoms with Crippen molar-refractivity contribution in [3.63, 3.8) is 0 Å². The van der Waals surface area contributed by atoms with Crippen molar-refractivity contribution in [2.45, 2.75) is 78.1 Å². The number of hydrogen-bond donors (Lipinski definition) is 0. The lowest BCUT2D eigenvalue weighted by molar-refractivity contribution is 0.480. The van der Waals surface area contributed by atoms with Crippen molar-refractivity contribution in [1.29, 1.82) is 0 Å². The van der Waals surface area contributed by atoms with Crippen LogP contribution < -0.4 is 0 Å². The van der Waals surface area contributed by atoms with Crippen molar-refractivity contribution in [2.24, 2.45) is 22.1 Å². The summed E-state index contributed by atoms with van der Waals surface area (Å²) in [4.78, 5) is 0. The van der Waals surface area contributed by atoms with Crippen molar-refractivity contribution in [3.8, 4) is 0 Å². The molecule has 0 fully saturated rings. The van der Waals surface area contributed by atoms with Gasteiger partial charge in [-0.05, 0) is 63.2 Å². The van der Waals surface area contributed by atoms with Crippen LogP contribution >= 0.6 is 0 Å². The Bertz CT molecular complexity index is 343. The maximum atomic E-state index is 4.55. The summed E-state index contributed by atoms with van der Waals surface area (Å²) < 4.78 is 0. The third-order valence-electron chi connectivity index (χ3n) is 4.50. The quantitative estimate of drug-likeness (QED) is 0.500. The Balaban J connectivity index is 1.94. The molecule has 0 aliphatic heterocycles. The maximum absolute atomic E-state index is 4.55. The molecule has 0 saturated carbocycles. The van der Waals surface area contributed by atoms with Crippen molar-refractivity contribution >= 4 is 0 Å². The van der Waals surface area contributed by atoms with Gasteiger partial charge in [-0.2, -0.15) is 10.2 Å². The van der Waals surface area contributed by atoms with E-state index in [4.69, 9.17) is 0 Å². The molecule has 2 atom stereocenters. The van der Waals surface area contributed by atoms with E-state index < -0.39 is 0 Å². The molecule has 0 unspecified atom stereocenters. The number of allylic oxidation sites excluding steroid dienone is 4. The standard InChI is InChI=1S/C18H30N2/c1-3-7-15-9-5-11-17(13-15)19-20-18-12-6-10-16(14-18)8-4-2/h13-16H,3-12H2,1-2H3/t15-,16+. The van der Waals surface area contributed by atoms with Gasteiger partial charge in [-0.15, -0.1) is 0 Å². The van der Waals surface area contributed by atoms with Gasteiger partial charge in [-0.25, -0.2) is 0 Å². The van der Waals surface area contributed by atoms with Crippen molar-refractivity contribution in [2.75, 3.05) is 0 Å². The summed E-state index contributed by atoms with van der Waals surface area (Å²) in [6.45, 7) is 4.54. The Morgan fingerprint density at radius 2 is 1.30 bits per heavy atom. The molecule has 0 amide bonds. The van der Waals surface area contributed by atoms with Gasteiger partial charge in [0.05, 0.1) is 11.4 Å². The van der Waals surface area contributed by atoms with Gasteiger partial charge in [0.1, 0.15) is 0 Å². The second-order valence-corrected chi connectivity index (χ2v) is 6.40. The molecule has 0 radical (unpaired) electrons. The largest absolute Gasteiger partial charge is 0.156 e. The normalized spacial score (nSPS) is 27.5. The summed E-state index contributed by atoms with van der Waals surface area (Å²) in [5, 5.41) is 9.10. The fourth-order valence-electron chi connectivity index (χ4n) is 3.46. The first-order chi connectivity index (χ1) is 9.81. The van der Waals surface area contributed by atoms with Gasteiger partial charge >= 0.3 is 0 Å². The highest BCUT2D eigenvalue weighted by molar-refractivity contribution is 5.09. The highest BCUT2D eigenvalue weighted by atomic mass is 15.1. The van der Waals surface area contributed by atoms with E-state index in [1.165, 1.54) is 62.8 Å². The van der Waals surface area contributed by atoms with E-state index in [1.54, 1.807) is 0 Å². The van der Waals surface area contributed by atoms with E-state index >= 15 is 0 Å². The van der Waals surface area contributed by atoms with Crippen molar-refractivity contribution < 1.29 is 0 Å². The second kappa shape index (κ2) is 8.39. The third-order valence-corrected chi connectivity index (χ3v) is 4.50. The average molecular weight is 274 g/mol. The minimum absolute atomic E-state index is 0.746. The Hall–Kier alpha value is -0.920. The Kier molecular flexibility index (Phi) is 6.49. The molecule has 0 aromatic carbocycles.